The van der Waals surface area contributed by atoms with E-state index < -0.39 is 9.85 Å². The fourth-order valence-electron chi connectivity index (χ4n) is 2.28. The smallest absolute Gasteiger partial charge is 0.313 e. The van der Waals surface area contributed by atoms with E-state index >= 15 is 0 Å². The number of hydrazone groups is 1. The zero-order valence-corrected chi connectivity index (χ0v) is 13.2. The van der Waals surface area contributed by atoms with Crippen LogP contribution in [0.5, 0.6) is 0 Å². The molecule has 0 saturated carbocycles. The first-order valence-corrected chi connectivity index (χ1v) is 7.37. The number of hydrogen-bond donors (Lipinski definition) is 1. The normalized spacial score (nSPS) is 10.8. The van der Waals surface area contributed by atoms with Gasteiger partial charge >= 0.3 is 5.69 Å². The van der Waals surface area contributed by atoms with Gasteiger partial charge in [0.1, 0.15) is 0 Å². The van der Waals surface area contributed by atoms with Crippen molar-refractivity contribution in [3.63, 3.8) is 0 Å². The molecule has 0 aliphatic heterocycles. The van der Waals surface area contributed by atoms with E-state index in [1.807, 2.05) is 0 Å². The van der Waals surface area contributed by atoms with E-state index in [1.165, 1.54) is 36.7 Å². The third-order valence-corrected chi connectivity index (χ3v) is 3.45. The van der Waals surface area contributed by atoms with Crippen LogP contribution in [-0.4, -0.2) is 25.6 Å². The molecular formula is C16H12N6O4. The minimum Gasteiger partial charge on any atom is -0.315 e. The van der Waals surface area contributed by atoms with Crippen LogP contribution in [0.4, 0.5) is 17.2 Å². The molecule has 0 saturated heterocycles. The molecule has 0 atom stereocenters. The van der Waals surface area contributed by atoms with Gasteiger partial charge in [-0.15, -0.1) is 0 Å². The van der Waals surface area contributed by atoms with Crippen molar-refractivity contribution in [1.29, 1.82) is 0 Å². The average Bonchev–Trinajstić information content (AvgIpc) is 3.10. The van der Waals surface area contributed by atoms with E-state index in [-0.39, 0.29) is 17.2 Å². The molecule has 0 spiro atoms. The Morgan fingerprint density at radius 3 is 2.69 bits per heavy atom. The van der Waals surface area contributed by atoms with Gasteiger partial charge in [-0.1, -0.05) is 6.07 Å². The summed E-state index contributed by atoms with van der Waals surface area (Å²) in [6.45, 7) is 0. The van der Waals surface area contributed by atoms with Crippen LogP contribution in [0.15, 0.2) is 66.0 Å². The first-order chi connectivity index (χ1) is 12.6. The number of nitrogens with zero attached hydrogens (tertiary/aromatic N) is 5. The van der Waals surface area contributed by atoms with Crippen molar-refractivity contribution < 1.29 is 9.85 Å². The number of nitrogens with one attached hydrogen (secondary N) is 1. The predicted octanol–water partition coefficient (Wildman–Crippen LogP) is 3.13. The summed E-state index contributed by atoms with van der Waals surface area (Å²) < 4.78 is 1.70. The van der Waals surface area contributed by atoms with Crippen molar-refractivity contribution in [2.75, 3.05) is 5.43 Å². The van der Waals surface area contributed by atoms with Crippen molar-refractivity contribution in [3.05, 3.63) is 86.8 Å². The Bertz CT molecular complexity index is 998. The predicted molar refractivity (Wildman–Crippen MR) is 94.5 cm³/mol. The second-order valence-electron chi connectivity index (χ2n) is 5.08. The Morgan fingerprint density at radius 2 is 1.92 bits per heavy atom. The first kappa shape index (κ1) is 16.8. The van der Waals surface area contributed by atoms with Gasteiger partial charge in [-0.3, -0.25) is 25.7 Å². The third-order valence-electron chi connectivity index (χ3n) is 3.45. The lowest BCUT2D eigenvalue weighted by Crippen LogP contribution is -2.02. The fourth-order valence-corrected chi connectivity index (χ4v) is 2.28. The lowest BCUT2D eigenvalue weighted by molar-refractivity contribution is -0.384. The van der Waals surface area contributed by atoms with Crippen molar-refractivity contribution in [3.8, 4) is 5.69 Å². The number of hydrogen-bond acceptors (Lipinski definition) is 7. The van der Waals surface area contributed by atoms with Crippen molar-refractivity contribution in [1.82, 2.24) is 9.55 Å². The van der Waals surface area contributed by atoms with Crippen molar-refractivity contribution in [2.45, 2.75) is 0 Å². The molecule has 0 radical (unpaired) electrons. The molecule has 1 N–H and O–H groups in total. The van der Waals surface area contributed by atoms with Gasteiger partial charge in [0.15, 0.2) is 0 Å². The molecular weight excluding hydrogens is 340 g/mol. The number of nitro benzene ring substituents is 1. The van der Waals surface area contributed by atoms with E-state index in [0.29, 0.717) is 11.4 Å². The Kier molecular flexibility index (Phi) is 4.65. The van der Waals surface area contributed by atoms with E-state index in [2.05, 4.69) is 15.5 Å². The maximum atomic E-state index is 11.0. The molecule has 0 bridgehead atoms. The Morgan fingerprint density at radius 1 is 1.08 bits per heavy atom. The van der Waals surface area contributed by atoms with Crippen LogP contribution in [0.25, 0.3) is 5.69 Å². The monoisotopic (exact) mass is 352 g/mol. The molecule has 2 heterocycles. The van der Waals surface area contributed by atoms with Gasteiger partial charge in [-0.25, -0.2) is 4.98 Å². The molecule has 0 aliphatic rings. The highest BCUT2D eigenvalue weighted by atomic mass is 16.6. The van der Waals surface area contributed by atoms with Crippen molar-refractivity contribution >= 4 is 23.4 Å². The second kappa shape index (κ2) is 7.21. The second-order valence-corrected chi connectivity index (χ2v) is 5.08. The van der Waals surface area contributed by atoms with Crippen LogP contribution in [0.3, 0.4) is 0 Å². The molecule has 130 valence electrons. The van der Waals surface area contributed by atoms with Gasteiger partial charge in [0.25, 0.3) is 5.69 Å². The van der Waals surface area contributed by atoms with E-state index in [0.717, 1.165) is 0 Å². The number of non-ortho nitro benzene ring substituents is 1. The van der Waals surface area contributed by atoms with Crippen LogP contribution in [0.2, 0.25) is 0 Å². The number of pyridine rings is 1. The maximum absolute atomic E-state index is 11.0. The van der Waals surface area contributed by atoms with Crippen molar-refractivity contribution in [2.24, 2.45) is 5.10 Å². The van der Waals surface area contributed by atoms with Crippen LogP contribution >= 0.6 is 0 Å². The van der Waals surface area contributed by atoms with Gasteiger partial charge in [-0.05, 0) is 24.3 Å². The van der Waals surface area contributed by atoms with Gasteiger partial charge in [0, 0.05) is 30.6 Å². The molecule has 26 heavy (non-hydrogen) atoms. The topological polar surface area (TPSA) is 128 Å². The quantitative estimate of drug-likeness (QED) is 0.412. The lowest BCUT2D eigenvalue weighted by Gasteiger charge is -2.06. The molecule has 3 rings (SSSR count). The summed E-state index contributed by atoms with van der Waals surface area (Å²) in [4.78, 5) is 24.7. The molecule has 0 unspecified atom stereocenters. The SMILES string of the molecule is O=[N+]([O-])c1cccc(-n2cccc2/C=N\Nc2ncccc2[N+](=O)[O-])c1. The Hall–Kier alpha value is -4.08. The van der Waals surface area contributed by atoms with Gasteiger partial charge < -0.3 is 4.57 Å². The maximum Gasteiger partial charge on any atom is 0.313 e. The average molecular weight is 352 g/mol. The molecule has 3 aromatic rings. The zero-order chi connectivity index (χ0) is 18.5. The zero-order valence-electron chi connectivity index (χ0n) is 13.2. The molecule has 10 nitrogen and oxygen atoms in total. The molecule has 0 fully saturated rings. The minimum absolute atomic E-state index is 0.0159. The number of nitro groups is 2. The number of rotatable bonds is 6. The number of benzene rings is 1. The standard InChI is InChI=1S/C16H12N6O4/c23-21(24)13-5-1-4-12(10-13)20-9-3-6-14(20)11-18-19-16-15(22(25)26)7-2-8-17-16/h1-11H,(H,17,19)/b18-11-. The summed E-state index contributed by atoms with van der Waals surface area (Å²) in [6, 6.07) is 12.4. The van der Waals surface area contributed by atoms with E-state index in [1.54, 1.807) is 35.0 Å². The van der Waals surface area contributed by atoms with Crippen LogP contribution < -0.4 is 5.43 Å². The van der Waals surface area contributed by atoms with Gasteiger partial charge in [-0.2, -0.15) is 5.10 Å². The summed E-state index contributed by atoms with van der Waals surface area (Å²) in [5.41, 5.74) is 3.53. The fraction of sp³-hybridized carbons (Fsp3) is 0. The van der Waals surface area contributed by atoms with Gasteiger partial charge in [0.2, 0.25) is 5.82 Å². The Balaban J connectivity index is 1.84. The molecule has 2 aromatic heterocycles. The molecule has 10 heteroatoms. The summed E-state index contributed by atoms with van der Waals surface area (Å²) in [7, 11) is 0. The molecule has 1 aromatic carbocycles. The molecule has 0 aliphatic carbocycles. The largest absolute Gasteiger partial charge is 0.315 e. The first-order valence-electron chi connectivity index (χ1n) is 7.37. The summed E-state index contributed by atoms with van der Waals surface area (Å²) in [5, 5.41) is 25.8. The highest BCUT2D eigenvalue weighted by Crippen LogP contribution is 2.21. The summed E-state index contributed by atoms with van der Waals surface area (Å²) in [5.74, 6) is 0.0159. The van der Waals surface area contributed by atoms with E-state index in [4.69, 9.17) is 0 Å². The minimum atomic E-state index is -0.559. The highest BCUT2D eigenvalue weighted by Gasteiger charge is 2.13. The third kappa shape index (κ3) is 3.53. The summed E-state index contributed by atoms with van der Waals surface area (Å²) in [6.07, 6.45) is 4.58. The van der Waals surface area contributed by atoms with Crippen LogP contribution in [-0.2, 0) is 0 Å². The van der Waals surface area contributed by atoms with Crippen LogP contribution in [0.1, 0.15) is 5.69 Å². The highest BCUT2D eigenvalue weighted by molar-refractivity contribution is 5.79. The Labute approximate surface area is 146 Å². The number of anilines is 1. The molecule has 0 amide bonds. The lowest BCUT2D eigenvalue weighted by atomic mass is 10.2. The summed E-state index contributed by atoms with van der Waals surface area (Å²) >= 11 is 0. The van der Waals surface area contributed by atoms with Gasteiger partial charge in [0.05, 0.1) is 27.4 Å². The van der Waals surface area contributed by atoms with Crippen LogP contribution in [0, 0.1) is 20.2 Å². The number of aromatic nitrogens is 2. The van der Waals surface area contributed by atoms with E-state index in [9.17, 15) is 20.2 Å².